The number of nitrogens with one attached hydrogen (secondary N) is 1. The predicted molar refractivity (Wildman–Crippen MR) is 81.0 cm³/mol. The van der Waals surface area contributed by atoms with E-state index in [-0.39, 0.29) is 5.56 Å². The molecule has 0 unspecified atom stereocenters. The van der Waals surface area contributed by atoms with Crippen molar-refractivity contribution < 1.29 is 28.2 Å². The van der Waals surface area contributed by atoms with Gasteiger partial charge < -0.3 is 9.84 Å². The third kappa shape index (κ3) is 6.46. The monoisotopic (exact) mass is 327 g/mol. The molecule has 1 aromatic rings. The Kier molecular flexibility index (Phi) is 5.47. The first-order chi connectivity index (χ1) is 10.4. The van der Waals surface area contributed by atoms with E-state index in [0.717, 1.165) is 13.0 Å². The molecule has 23 heavy (non-hydrogen) atoms. The van der Waals surface area contributed by atoms with Gasteiger partial charge in [0.05, 0.1) is 0 Å². The van der Waals surface area contributed by atoms with Crippen molar-refractivity contribution in [3.8, 4) is 0 Å². The number of hydrogen-bond acceptors (Lipinski definition) is 3. The van der Waals surface area contributed by atoms with E-state index >= 15 is 0 Å². The van der Waals surface area contributed by atoms with Crippen LogP contribution >= 0.6 is 0 Å². The number of ether oxygens (including phenoxy) is 1. The zero-order valence-electron chi connectivity index (χ0n) is 13.3. The average molecular weight is 327 g/mol. The summed E-state index contributed by atoms with van der Waals surface area (Å²) in [7, 11) is 0. The van der Waals surface area contributed by atoms with Gasteiger partial charge in [0.25, 0.3) is 5.92 Å². The molecule has 0 saturated heterocycles. The standard InChI is InChI=1S/C16H19F2NO4/c1-15(2,3)23-14(22)19-12(13(20)21)9-10-5-7-11(8-6-10)16(4,17)18/h5-9H,1-4H3,(H,19,22)(H,20,21)/b12-9-. The minimum Gasteiger partial charge on any atom is -0.477 e. The molecule has 1 amide bonds. The lowest BCUT2D eigenvalue weighted by molar-refractivity contribution is -0.133. The number of amides is 1. The van der Waals surface area contributed by atoms with Gasteiger partial charge in [-0.05, 0) is 32.4 Å². The molecule has 5 nitrogen and oxygen atoms in total. The maximum absolute atomic E-state index is 13.1. The van der Waals surface area contributed by atoms with Crippen LogP contribution in [0, 0.1) is 0 Å². The van der Waals surface area contributed by atoms with Crippen LogP contribution in [-0.4, -0.2) is 22.8 Å². The maximum atomic E-state index is 13.1. The molecule has 0 radical (unpaired) electrons. The first-order valence-corrected chi connectivity index (χ1v) is 6.82. The minimum absolute atomic E-state index is 0.188. The average Bonchev–Trinajstić information content (AvgIpc) is 2.35. The third-order valence-electron chi connectivity index (χ3n) is 2.59. The Balaban J connectivity index is 2.95. The van der Waals surface area contributed by atoms with Crippen molar-refractivity contribution in [2.75, 3.05) is 0 Å². The fourth-order valence-electron chi connectivity index (χ4n) is 1.60. The fraction of sp³-hybridized carbons (Fsp3) is 0.375. The number of alkyl halides is 2. The van der Waals surface area contributed by atoms with E-state index in [0.29, 0.717) is 5.56 Å². The Morgan fingerprint density at radius 2 is 1.65 bits per heavy atom. The van der Waals surface area contributed by atoms with Crippen LogP contribution in [-0.2, 0) is 15.5 Å². The van der Waals surface area contributed by atoms with Crippen molar-refractivity contribution in [3.63, 3.8) is 0 Å². The van der Waals surface area contributed by atoms with Crippen molar-refractivity contribution in [2.24, 2.45) is 0 Å². The number of hydrogen-bond donors (Lipinski definition) is 2. The molecule has 0 heterocycles. The molecule has 0 atom stereocenters. The SMILES string of the molecule is CC(C)(C)OC(=O)N/C(=C\c1ccc(C(C)(F)F)cc1)C(=O)O. The molecule has 1 rings (SSSR count). The van der Waals surface area contributed by atoms with E-state index < -0.39 is 29.3 Å². The van der Waals surface area contributed by atoms with Crippen LogP contribution in [0.1, 0.15) is 38.8 Å². The number of carboxylic acid groups (broad SMARTS) is 1. The van der Waals surface area contributed by atoms with E-state index in [1.54, 1.807) is 20.8 Å². The summed E-state index contributed by atoms with van der Waals surface area (Å²) < 4.78 is 31.2. The number of carbonyl (C=O) groups excluding carboxylic acids is 1. The van der Waals surface area contributed by atoms with E-state index in [1.165, 1.54) is 24.3 Å². The fourth-order valence-corrected chi connectivity index (χ4v) is 1.60. The Morgan fingerprint density at radius 1 is 1.13 bits per heavy atom. The summed E-state index contributed by atoms with van der Waals surface area (Å²) in [4.78, 5) is 22.8. The van der Waals surface area contributed by atoms with Crippen molar-refractivity contribution in [3.05, 3.63) is 41.1 Å². The Labute approximate surface area is 133 Å². The first kappa shape index (κ1) is 18.6. The molecular weight excluding hydrogens is 308 g/mol. The van der Waals surface area contributed by atoms with Gasteiger partial charge in [-0.2, -0.15) is 0 Å². The molecule has 0 aromatic heterocycles. The molecule has 7 heteroatoms. The topological polar surface area (TPSA) is 75.6 Å². The number of carbonyl (C=O) groups is 2. The lowest BCUT2D eigenvalue weighted by Gasteiger charge is -2.19. The van der Waals surface area contributed by atoms with Crippen LogP contribution < -0.4 is 5.32 Å². The minimum atomic E-state index is -2.98. The zero-order valence-corrected chi connectivity index (χ0v) is 13.3. The molecule has 0 fully saturated rings. The van der Waals surface area contributed by atoms with Gasteiger partial charge in [0, 0.05) is 12.5 Å². The summed E-state index contributed by atoms with van der Waals surface area (Å²) in [5.74, 6) is -4.35. The second-order valence-electron chi connectivity index (χ2n) is 6.00. The molecule has 1 aromatic carbocycles. The number of aliphatic carboxylic acids is 1. The number of carboxylic acids is 1. The normalized spacial score (nSPS) is 12.7. The van der Waals surface area contributed by atoms with E-state index in [4.69, 9.17) is 9.84 Å². The summed E-state index contributed by atoms with van der Waals surface area (Å²) in [6.45, 7) is 5.69. The van der Waals surface area contributed by atoms with Crippen molar-refractivity contribution in [1.29, 1.82) is 0 Å². The Hall–Kier alpha value is -2.44. The van der Waals surface area contributed by atoms with E-state index in [1.807, 2.05) is 0 Å². The smallest absolute Gasteiger partial charge is 0.412 e. The molecule has 0 aliphatic heterocycles. The van der Waals surface area contributed by atoms with Crippen molar-refractivity contribution >= 4 is 18.1 Å². The second-order valence-corrected chi connectivity index (χ2v) is 6.00. The van der Waals surface area contributed by atoms with Gasteiger partial charge in [0.15, 0.2) is 0 Å². The van der Waals surface area contributed by atoms with Crippen LogP contribution in [0.15, 0.2) is 30.0 Å². The third-order valence-corrected chi connectivity index (χ3v) is 2.59. The number of rotatable bonds is 4. The lowest BCUT2D eigenvalue weighted by Crippen LogP contribution is -2.34. The van der Waals surface area contributed by atoms with Crippen molar-refractivity contribution in [2.45, 2.75) is 39.2 Å². The molecule has 126 valence electrons. The van der Waals surface area contributed by atoms with Gasteiger partial charge in [-0.25, -0.2) is 18.4 Å². The Morgan fingerprint density at radius 3 is 2.04 bits per heavy atom. The molecule has 0 saturated carbocycles. The van der Waals surface area contributed by atoms with Crippen LogP contribution in [0.25, 0.3) is 6.08 Å². The highest BCUT2D eigenvalue weighted by Gasteiger charge is 2.24. The van der Waals surface area contributed by atoms with Crippen LogP contribution in [0.4, 0.5) is 13.6 Å². The van der Waals surface area contributed by atoms with E-state index in [9.17, 15) is 18.4 Å². The number of halogens is 2. The van der Waals surface area contributed by atoms with Crippen LogP contribution in [0.2, 0.25) is 0 Å². The molecule has 0 aliphatic rings. The predicted octanol–water partition coefficient (Wildman–Crippen LogP) is 3.75. The van der Waals surface area contributed by atoms with E-state index in [2.05, 4.69) is 5.32 Å². The van der Waals surface area contributed by atoms with Crippen LogP contribution in [0.5, 0.6) is 0 Å². The molecule has 0 spiro atoms. The molecular formula is C16H19F2NO4. The lowest BCUT2D eigenvalue weighted by atomic mass is 10.1. The molecule has 2 N–H and O–H groups in total. The zero-order chi connectivity index (χ0) is 17.8. The summed E-state index contributed by atoms with van der Waals surface area (Å²) in [5.41, 5.74) is -1.03. The second kappa shape index (κ2) is 6.76. The van der Waals surface area contributed by atoms with Crippen molar-refractivity contribution in [1.82, 2.24) is 5.32 Å². The largest absolute Gasteiger partial charge is 0.477 e. The van der Waals surface area contributed by atoms with Gasteiger partial charge in [0.2, 0.25) is 0 Å². The van der Waals surface area contributed by atoms with Gasteiger partial charge in [-0.3, -0.25) is 5.32 Å². The summed E-state index contributed by atoms with van der Waals surface area (Å²) >= 11 is 0. The molecule has 0 aliphatic carbocycles. The molecule has 0 bridgehead atoms. The highest BCUT2D eigenvalue weighted by Crippen LogP contribution is 2.27. The number of benzene rings is 1. The Bertz CT molecular complexity index is 610. The van der Waals surface area contributed by atoms with Gasteiger partial charge >= 0.3 is 12.1 Å². The quantitative estimate of drug-likeness (QED) is 0.826. The summed E-state index contributed by atoms with van der Waals surface area (Å²) in [5, 5.41) is 11.2. The summed E-state index contributed by atoms with van der Waals surface area (Å²) in [6, 6.07) is 5.07. The van der Waals surface area contributed by atoms with Crippen LogP contribution in [0.3, 0.4) is 0 Å². The highest BCUT2D eigenvalue weighted by atomic mass is 19.3. The first-order valence-electron chi connectivity index (χ1n) is 6.82. The van der Waals surface area contributed by atoms with Gasteiger partial charge in [0.1, 0.15) is 11.3 Å². The summed E-state index contributed by atoms with van der Waals surface area (Å²) in [6.07, 6.45) is 0.243. The maximum Gasteiger partial charge on any atom is 0.412 e. The number of alkyl carbamates (subject to hydrolysis) is 1. The van der Waals surface area contributed by atoms with Gasteiger partial charge in [-0.15, -0.1) is 0 Å². The highest BCUT2D eigenvalue weighted by molar-refractivity contribution is 5.95. The van der Waals surface area contributed by atoms with Gasteiger partial charge in [-0.1, -0.05) is 24.3 Å².